The lowest BCUT2D eigenvalue weighted by Crippen LogP contribution is -2.32. The zero-order valence-electron chi connectivity index (χ0n) is 12.1. The van der Waals surface area contributed by atoms with Gasteiger partial charge in [0.05, 0.1) is 5.56 Å². The molecule has 4 nitrogen and oxygen atoms in total. The summed E-state index contributed by atoms with van der Waals surface area (Å²) in [5.74, 6) is 0.932. The number of rotatable bonds is 3. The van der Waals surface area contributed by atoms with Crippen molar-refractivity contribution in [3.63, 3.8) is 0 Å². The van der Waals surface area contributed by atoms with Gasteiger partial charge in [-0.3, -0.25) is 0 Å². The van der Waals surface area contributed by atoms with Crippen molar-refractivity contribution in [2.45, 2.75) is 64.7 Å². The lowest BCUT2D eigenvalue weighted by molar-refractivity contribution is 0.222. The van der Waals surface area contributed by atoms with Crippen molar-refractivity contribution in [2.24, 2.45) is 5.92 Å². The molecule has 0 aliphatic heterocycles. The minimum absolute atomic E-state index is 0.0751. The first-order valence-electron chi connectivity index (χ1n) is 7.26. The average molecular weight is 264 g/mol. The Bertz CT molecular complexity index is 428. The first-order valence-corrected chi connectivity index (χ1v) is 7.26. The summed E-state index contributed by atoms with van der Waals surface area (Å²) < 4.78 is 0. The van der Waals surface area contributed by atoms with E-state index in [1.165, 1.54) is 32.1 Å². The van der Waals surface area contributed by atoms with Gasteiger partial charge in [-0.15, -0.1) is 0 Å². The predicted octanol–water partition coefficient (Wildman–Crippen LogP) is 3.31. The molecule has 106 valence electrons. The molecule has 4 heteroatoms. The molecular formula is C15H24N2O2. The maximum absolute atomic E-state index is 9.92. The highest BCUT2D eigenvalue weighted by Crippen LogP contribution is 2.40. The Labute approximate surface area is 114 Å². The van der Waals surface area contributed by atoms with Gasteiger partial charge in [0, 0.05) is 5.41 Å². The number of aromatic nitrogens is 2. The minimum atomic E-state index is -0.207. The molecule has 2 rings (SSSR count). The standard InChI is InChI=1S/C15H24N2O2/c1-4-11-12(18)16-14(17-13(11)19)15(2,3)10-8-6-5-7-9-10/h10H,4-9H2,1-3H3,(H2,16,17,18,19). The molecule has 19 heavy (non-hydrogen) atoms. The molecule has 0 bridgehead atoms. The van der Waals surface area contributed by atoms with E-state index in [4.69, 9.17) is 0 Å². The summed E-state index contributed by atoms with van der Waals surface area (Å²) in [4.78, 5) is 8.47. The third kappa shape index (κ3) is 2.67. The molecule has 0 radical (unpaired) electrons. The predicted molar refractivity (Wildman–Crippen MR) is 74.3 cm³/mol. The van der Waals surface area contributed by atoms with Crippen LogP contribution in [-0.4, -0.2) is 20.2 Å². The van der Waals surface area contributed by atoms with Gasteiger partial charge in [-0.1, -0.05) is 40.0 Å². The van der Waals surface area contributed by atoms with Crippen LogP contribution in [0.3, 0.4) is 0 Å². The maximum atomic E-state index is 9.92. The van der Waals surface area contributed by atoms with Gasteiger partial charge in [-0.2, -0.15) is 9.97 Å². The quantitative estimate of drug-likeness (QED) is 0.879. The summed E-state index contributed by atoms with van der Waals surface area (Å²) in [5.41, 5.74) is 0.227. The van der Waals surface area contributed by atoms with E-state index in [1.807, 2.05) is 6.92 Å². The zero-order chi connectivity index (χ0) is 14.0. The van der Waals surface area contributed by atoms with Crippen LogP contribution in [0, 0.1) is 5.92 Å². The highest BCUT2D eigenvalue weighted by Gasteiger charge is 2.35. The summed E-state index contributed by atoms with van der Waals surface area (Å²) in [5, 5.41) is 19.8. The molecule has 0 amide bonds. The lowest BCUT2D eigenvalue weighted by atomic mass is 9.70. The molecular weight excluding hydrogens is 240 g/mol. The summed E-state index contributed by atoms with van der Waals surface area (Å²) >= 11 is 0. The molecule has 2 N–H and O–H groups in total. The van der Waals surface area contributed by atoms with Crippen LogP contribution in [0.25, 0.3) is 0 Å². The summed E-state index contributed by atoms with van der Waals surface area (Å²) in [7, 11) is 0. The first kappa shape index (κ1) is 14.1. The topological polar surface area (TPSA) is 66.2 Å². The highest BCUT2D eigenvalue weighted by molar-refractivity contribution is 5.34. The molecule has 1 aliphatic carbocycles. The van der Waals surface area contributed by atoms with E-state index in [0.29, 0.717) is 23.7 Å². The Kier molecular flexibility index (Phi) is 3.97. The molecule has 1 fully saturated rings. The van der Waals surface area contributed by atoms with Gasteiger partial charge in [-0.05, 0) is 25.2 Å². The van der Waals surface area contributed by atoms with Crippen LogP contribution in [0.5, 0.6) is 11.8 Å². The van der Waals surface area contributed by atoms with Gasteiger partial charge < -0.3 is 10.2 Å². The van der Waals surface area contributed by atoms with Crippen molar-refractivity contribution in [3.05, 3.63) is 11.4 Å². The second-order valence-corrected chi connectivity index (χ2v) is 6.08. The molecule has 0 unspecified atom stereocenters. The minimum Gasteiger partial charge on any atom is -0.493 e. The van der Waals surface area contributed by atoms with Gasteiger partial charge in [0.2, 0.25) is 11.8 Å². The Morgan fingerprint density at radius 1 is 1.05 bits per heavy atom. The normalized spacial score (nSPS) is 17.6. The molecule has 0 aromatic carbocycles. The molecule has 0 saturated heterocycles. The molecule has 1 heterocycles. The molecule has 1 saturated carbocycles. The van der Waals surface area contributed by atoms with Crippen LogP contribution in [0.1, 0.15) is 64.3 Å². The van der Waals surface area contributed by atoms with Crippen LogP contribution < -0.4 is 0 Å². The summed E-state index contributed by atoms with van der Waals surface area (Å²) in [6, 6.07) is 0. The maximum Gasteiger partial charge on any atom is 0.221 e. The van der Waals surface area contributed by atoms with E-state index in [0.717, 1.165) is 0 Å². The summed E-state index contributed by atoms with van der Waals surface area (Å²) in [6.07, 6.45) is 6.68. The largest absolute Gasteiger partial charge is 0.493 e. The fourth-order valence-corrected chi connectivity index (χ4v) is 3.07. The smallest absolute Gasteiger partial charge is 0.221 e. The zero-order valence-corrected chi connectivity index (χ0v) is 12.1. The molecule has 1 aliphatic rings. The number of hydrogen-bond acceptors (Lipinski definition) is 4. The fourth-order valence-electron chi connectivity index (χ4n) is 3.07. The van der Waals surface area contributed by atoms with Gasteiger partial charge >= 0.3 is 0 Å². The van der Waals surface area contributed by atoms with Gasteiger partial charge in [-0.25, -0.2) is 0 Å². The van der Waals surface area contributed by atoms with Crippen molar-refractivity contribution < 1.29 is 10.2 Å². The van der Waals surface area contributed by atoms with Crippen molar-refractivity contribution >= 4 is 0 Å². The summed E-state index contributed by atoms with van der Waals surface area (Å²) in [6.45, 7) is 6.09. The van der Waals surface area contributed by atoms with Crippen molar-refractivity contribution in [1.29, 1.82) is 0 Å². The fraction of sp³-hybridized carbons (Fsp3) is 0.733. The van der Waals surface area contributed by atoms with Crippen molar-refractivity contribution in [1.82, 2.24) is 9.97 Å². The Balaban J connectivity index is 2.34. The SMILES string of the molecule is CCc1c(O)nc(C(C)(C)C2CCCCC2)nc1O. The van der Waals surface area contributed by atoms with E-state index >= 15 is 0 Å². The van der Waals surface area contributed by atoms with Gasteiger partial charge in [0.25, 0.3) is 0 Å². The van der Waals surface area contributed by atoms with Crippen LogP contribution in [0.4, 0.5) is 0 Å². The molecule has 0 atom stereocenters. The Hall–Kier alpha value is -1.32. The van der Waals surface area contributed by atoms with Crippen LogP contribution >= 0.6 is 0 Å². The monoisotopic (exact) mass is 264 g/mol. The van der Waals surface area contributed by atoms with E-state index in [-0.39, 0.29) is 17.2 Å². The van der Waals surface area contributed by atoms with E-state index in [2.05, 4.69) is 23.8 Å². The van der Waals surface area contributed by atoms with Gasteiger partial charge in [0.1, 0.15) is 5.82 Å². The van der Waals surface area contributed by atoms with Crippen LogP contribution in [-0.2, 0) is 11.8 Å². The third-order valence-electron chi connectivity index (χ3n) is 4.52. The van der Waals surface area contributed by atoms with E-state index in [1.54, 1.807) is 0 Å². The number of nitrogens with zero attached hydrogens (tertiary/aromatic N) is 2. The highest BCUT2D eigenvalue weighted by atomic mass is 16.3. The third-order valence-corrected chi connectivity index (χ3v) is 4.52. The van der Waals surface area contributed by atoms with E-state index < -0.39 is 0 Å². The Morgan fingerprint density at radius 2 is 1.58 bits per heavy atom. The van der Waals surface area contributed by atoms with E-state index in [9.17, 15) is 10.2 Å². The van der Waals surface area contributed by atoms with Crippen molar-refractivity contribution in [2.75, 3.05) is 0 Å². The molecule has 0 spiro atoms. The van der Waals surface area contributed by atoms with Crippen LogP contribution in [0.15, 0.2) is 0 Å². The lowest BCUT2D eigenvalue weighted by Gasteiger charge is -2.35. The first-order chi connectivity index (χ1) is 8.96. The molecule has 1 aromatic rings. The van der Waals surface area contributed by atoms with Gasteiger partial charge in [0.15, 0.2) is 0 Å². The number of aromatic hydroxyl groups is 2. The second-order valence-electron chi connectivity index (χ2n) is 6.08. The second kappa shape index (κ2) is 5.35. The Morgan fingerprint density at radius 3 is 2.05 bits per heavy atom. The molecule has 1 aromatic heterocycles. The van der Waals surface area contributed by atoms with Crippen molar-refractivity contribution in [3.8, 4) is 11.8 Å². The average Bonchev–Trinajstić information content (AvgIpc) is 2.39. The number of hydrogen-bond donors (Lipinski definition) is 2. The van der Waals surface area contributed by atoms with Crippen LogP contribution in [0.2, 0.25) is 0 Å².